The Morgan fingerprint density at radius 3 is 2.86 bits per heavy atom. The lowest BCUT2D eigenvalue weighted by atomic mass is 10.3. The van der Waals surface area contributed by atoms with E-state index >= 15 is 0 Å². The Morgan fingerprint density at radius 1 is 1.36 bits per heavy atom. The first-order valence-corrected chi connectivity index (χ1v) is 7.75. The fourth-order valence-corrected chi connectivity index (χ4v) is 3.22. The third-order valence-electron chi connectivity index (χ3n) is 3.45. The molecule has 1 aliphatic rings. The van der Waals surface area contributed by atoms with Crippen molar-refractivity contribution in [3.8, 4) is 5.75 Å². The molecule has 1 fully saturated rings. The topological polar surface area (TPSA) is 81.8 Å². The molecule has 1 aliphatic heterocycles. The van der Waals surface area contributed by atoms with Crippen molar-refractivity contribution in [2.45, 2.75) is 0 Å². The van der Waals surface area contributed by atoms with Gasteiger partial charge in [-0.15, -0.1) is 0 Å². The van der Waals surface area contributed by atoms with E-state index in [0.717, 1.165) is 45.5 Å². The number of anilines is 3. The predicted octanol–water partition coefficient (Wildman–Crippen LogP) is 1.21. The third-order valence-corrected chi connectivity index (χ3v) is 4.47. The van der Waals surface area contributed by atoms with Gasteiger partial charge in [-0.25, -0.2) is 0 Å². The standard InChI is InChI=1S/C14H18N4O3S/c1-20-11-4-2-3-10(9-11)16-12-13(22-14(19)18(12)15)17-5-7-21-8-6-17/h2-4,9,16H,5-8,15H2,1H3. The van der Waals surface area contributed by atoms with Gasteiger partial charge in [0.05, 0.1) is 20.3 Å². The lowest BCUT2D eigenvalue weighted by Gasteiger charge is -2.28. The molecule has 7 nitrogen and oxygen atoms in total. The second kappa shape index (κ2) is 6.29. The van der Waals surface area contributed by atoms with Gasteiger partial charge in [0.2, 0.25) is 0 Å². The molecule has 1 aromatic carbocycles. The van der Waals surface area contributed by atoms with Gasteiger partial charge in [-0.05, 0) is 12.1 Å². The van der Waals surface area contributed by atoms with E-state index < -0.39 is 0 Å². The van der Waals surface area contributed by atoms with Crippen LogP contribution in [0.25, 0.3) is 0 Å². The number of nitrogens with zero attached hydrogens (tertiary/aromatic N) is 2. The molecule has 0 aliphatic carbocycles. The molecule has 0 saturated carbocycles. The number of morpholine rings is 1. The number of methoxy groups -OCH3 is 1. The van der Waals surface area contributed by atoms with Crippen molar-refractivity contribution in [2.75, 3.05) is 49.5 Å². The molecule has 118 valence electrons. The number of nitrogens with one attached hydrogen (secondary N) is 1. The molecule has 0 amide bonds. The van der Waals surface area contributed by atoms with Gasteiger partial charge in [0, 0.05) is 24.8 Å². The summed E-state index contributed by atoms with van der Waals surface area (Å²) < 4.78 is 11.7. The van der Waals surface area contributed by atoms with Crippen LogP contribution < -0.4 is 25.7 Å². The van der Waals surface area contributed by atoms with E-state index in [1.165, 1.54) is 0 Å². The Kier molecular flexibility index (Phi) is 4.21. The molecule has 0 unspecified atom stereocenters. The highest BCUT2D eigenvalue weighted by atomic mass is 32.1. The Morgan fingerprint density at radius 2 is 2.14 bits per heavy atom. The van der Waals surface area contributed by atoms with Crippen molar-refractivity contribution in [1.29, 1.82) is 0 Å². The van der Waals surface area contributed by atoms with Crippen LogP contribution in [0.4, 0.5) is 16.5 Å². The summed E-state index contributed by atoms with van der Waals surface area (Å²) in [6.07, 6.45) is 0. The fourth-order valence-electron chi connectivity index (χ4n) is 2.31. The summed E-state index contributed by atoms with van der Waals surface area (Å²) in [4.78, 5) is 13.9. The number of nitrogens with two attached hydrogens (primary N) is 1. The number of thiazole rings is 1. The van der Waals surface area contributed by atoms with E-state index in [1.807, 2.05) is 24.3 Å². The minimum atomic E-state index is -0.202. The first-order chi connectivity index (χ1) is 10.7. The molecule has 0 radical (unpaired) electrons. The largest absolute Gasteiger partial charge is 0.497 e. The summed E-state index contributed by atoms with van der Waals surface area (Å²) in [5.74, 6) is 7.21. The zero-order chi connectivity index (χ0) is 15.5. The number of ether oxygens (including phenoxy) is 2. The monoisotopic (exact) mass is 322 g/mol. The van der Waals surface area contributed by atoms with E-state index in [2.05, 4.69) is 10.2 Å². The number of benzene rings is 1. The van der Waals surface area contributed by atoms with Crippen molar-refractivity contribution in [2.24, 2.45) is 0 Å². The maximum Gasteiger partial charge on any atom is 0.329 e. The van der Waals surface area contributed by atoms with Crippen molar-refractivity contribution in [3.63, 3.8) is 0 Å². The van der Waals surface area contributed by atoms with Gasteiger partial charge < -0.3 is 25.5 Å². The highest BCUT2D eigenvalue weighted by Gasteiger charge is 2.21. The summed E-state index contributed by atoms with van der Waals surface area (Å²) >= 11 is 1.14. The number of aromatic nitrogens is 1. The molecule has 8 heteroatoms. The van der Waals surface area contributed by atoms with Gasteiger partial charge >= 0.3 is 4.87 Å². The molecule has 0 spiro atoms. The van der Waals surface area contributed by atoms with Crippen LogP contribution in [-0.2, 0) is 4.74 Å². The van der Waals surface area contributed by atoms with E-state index in [9.17, 15) is 4.79 Å². The van der Waals surface area contributed by atoms with Crippen molar-refractivity contribution < 1.29 is 9.47 Å². The van der Waals surface area contributed by atoms with Crippen molar-refractivity contribution in [1.82, 2.24) is 4.68 Å². The SMILES string of the molecule is COc1cccc(Nc2c(N3CCOCC3)sc(=O)n2N)c1. The quantitative estimate of drug-likeness (QED) is 0.824. The van der Waals surface area contributed by atoms with E-state index in [-0.39, 0.29) is 4.87 Å². The van der Waals surface area contributed by atoms with Crippen LogP contribution >= 0.6 is 11.3 Å². The summed E-state index contributed by atoms with van der Waals surface area (Å²) in [5, 5.41) is 4.05. The van der Waals surface area contributed by atoms with Crippen molar-refractivity contribution in [3.05, 3.63) is 33.9 Å². The molecular weight excluding hydrogens is 304 g/mol. The van der Waals surface area contributed by atoms with Gasteiger partial charge in [-0.1, -0.05) is 17.4 Å². The summed E-state index contributed by atoms with van der Waals surface area (Å²) in [6.45, 7) is 2.78. The molecule has 2 aromatic rings. The zero-order valence-corrected chi connectivity index (χ0v) is 13.1. The molecule has 1 saturated heterocycles. The fraction of sp³-hybridized carbons (Fsp3) is 0.357. The van der Waals surface area contributed by atoms with Crippen molar-refractivity contribution >= 4 is 27.8 Å². The average Bonchev–Trinajstić information content (AvgIpc) is 2.84. The Hall–Kier alpha value is -2.19. The maximum atomic E-state index is 12.0. The van der Waals surface area contributed by atoms with Crippen LogP contribution in [0.15, 0.2) is 29.1 Å². The Labute approximate surface area is 131 Å². The highest BCUT2D eigenvalue weighted by Crippen LogP contribution is 2.32. The highest BCUT2D eigenvalue weighted by molar-refractivity contribution is 7.14. The molecule has 0 atom stereocenters. The minimum Gasteiger partial charge on any atom is -0.497 e. The smallest absolute Gasteiger partial charge is 0.329 e. The number of rotatable bonds is 4. The van der Waals surface area contributed by atoms with Crippen LogP contribution in [0.2, 0.25) is 0 Å². The normalized spacial score (nSPS) is 14.9. The number of nitrogen functional groups attached to an aromatic ring is 1. The number of hydrogen-bond acceptors (Lipinski definition) is 7. The van der Waals surface area contributed by atoms with E-state index in [0.29, 0.717) is 19.0 Å². The Bertz CT molecular complexity index is 706. The van der Waals surface area contributed by atoms with E-state index in [1.54, 1.807) is 7.11 Å². The average molecular weight is 322 g/mol. The zero-order valence-electron chi connectivity index (χ0n) is 12.2. The maximum absolute atomic E-state index is 12.0. The molecular formula is C14H18N4O3S. The summed E-state index contributed by atoms with van der Waals surface area (Å²) in [6, 6.07) is 7.48. The number of hydrogen-bond donors (Lipinski definition) is 2. The minimum absolute atomic E-state index is 0.202. The third kappa shape index (κ3) is 2.88. The lowest BCUT2D eigenvalue weighted by molar-refractivity contribution is 0.123. The summed E-state index contributed by atoms with van der Waals surface area (Å²) in [5.41, 5.74) is 0.811. The van der Waals surface area contributed by atoms with Crippen LogP contribution in [0.1, 0.15) is 0 Å². The van der Waals surface area contributed by atoms with E-state index in [4.69, 9.17) is 15.3 Å². The first kappa shape index (κ1) is 14.7. The second-order valence-electron chi connectivity index (χ2n) is 4.85. The predicted molar refractivity (Wildman–Crippen MR) is 88.0 cm³/mol. The first-order valence-electron chi connectivity index (χ1n) is 6.93. The van der Waals surface area contributed by atoms with Gasteiger partial charge in [0.25, 0.3) is 0 Å². The Balaban J connectivity index is 1.93. The van der Waals surface area contributed by atoms with Gasteiger partial charge in [0.1, 0.15) is 10.8 Å². The van der Waals surface area contributed by atoms with Crippen LogP contribution in [-0.4, -0.2) is 38.1 Å². The lowest BCUT2D eigenvalue weighted by Crippen LogP contribution is -2.36. The second-order valence-corrected chi connectivity index (χ2v) is 5.79. The van der Waals surface area contributed by atoms with Gasteiger partial charge in [-0.3, -0.25) is 4.79 Å². The van der Waals surface area contributed by atoms with Gasteiger partial charge in [-0.2, -0.15) is 4.68 Å². The molecule has 2 heterocycles. The molecule has 3 N–H and O–H groups in total. The van der Waals surface area contributed by atoms with Gasteiger partial charge in [0.15, 0.2) is 5.82 Å². The van der Waals surface area contributed by atoms with Crippen LogP contribution in [0, 0.1) is 0 Å². The summed E-state index contributed by atoms with van der Waals surface area (Å²) in [7, 11) is 1.61. The molecule has 3 rings (SSSR count). The molecule has 22 heavy (non-hydrogen) atoms. The van der Waals surface area contributed by atoms with Crippen LogP contribution in [0.5, 0.6) is 5.75 Å². The molecule has 0 bridgehead atoms. The van der Waals surface area contributed by atoms with Crippen LogP contribution in [0.3, 0.4) is 0 Å². The molecule has 1 aromatic heterocycles.